The van der Waals surface area contributed by atoms with Crippen LogP contribution in [0.15, 0.2) is 0 Å². The molecule has 0 aliphatic carbocycles. The number of carbonyl (C=O) groups excluding carboxylic acids is 1. The molecule has 1 amide bonds. The molecule has 0 aromatic carbocycles. The standard InChI is InChI=1S/C9H18ClNO/c1-6(9(2,3)4)7(10)8(12)11-5/h6-7H,1-5H3,(H,11,12). The van der Waals surface area contributed by atoms with Gasteiger partial charge in [-0.3, -0.25) is 4.79 Å². The van der Waals surface area contributed by atoms with E-state index in [1.165, 1.54) is 0 Å². The van der Waals surface area contributed by atoms with E-state index >= 15 is 0 Å². The predicted octanol–water partition coefficient (Wildman–Crippen LogP) is 2.02. The van der Waals surface area contributed by atoms with Crippen molar-refractivity contribution in [2.24, 2.45) is 11.3 Å². The van der Waals surface area contributed by atoms with E-state index in [0.717, 1.165) is 0 Å². The largest absolute Gasteiger partial charge is 0.358 e. The number of amides is 1. The molecule has 0 aliphatic heterocycles. The molecule has 0 rings (SSSR count). The summed E-state index contributed by atoms with van der Waals surface area (Å²) >= 11 is 5.95. The molecule has 0 heterocycles. The van der Waals surface area contributed by atoms with Gasteiger partial charge in [-0.2, -0.15) is 0 Å². The van der Waals surface area contributed by atoms with E-state index in [1.807, 2.05) is 6.92 Å². The maximum absolute atomic E-state index is 11.2. The number of hydrogen-bond donors (Lipinski definition) is 1. The second-order valence-corrected chi connectivity index (χ2v) is 4.64. The van der Waals surface area contributed by atoms with Gasteiger partial charge in [0.1, 0.15) is 5.38 Å². The van der Waals surface area contributed by atoms with Gasteiger partial charge < -0.3 is 5.32 Å². The Labute approximate surface area is 79.7 Å². The third kappa shape index (κ3) is 3.02. The fraction of sp³-hybridized carbons (Fsp3) is 0.889. The second-order valence-electron chi connectivity index (χ2n) is 4.17. The molecule has 0 fully saturated rings. The van der Waals surface area contributed by atoms with Crippen LogP contribution in [0.3, 0.4) is 0 Å². The van der Waals surface area contributed by atoms with Gasteiger partial charge in [0.05, 0.1) is 0 Å². The molecule has 1 N–H and O–H groups in total. The minimum atomic E-state index is -0.435. The highest BCUT2D eigenvalue weighted by molar-refractivity contribution is 6.30. The Morgan fingerprint density at radius 1 is 1.42 bits per heavy atom. The van der Waals surface area contributed by atoms with Crippen molar-refractivity contribution in [2.45, 2.75) is 33.1 Å². The summed E-state index contributed by atoms with van der Waals surface area (Å²) in [5, 5.41) is 2.11. The van der Waals surface area contributed by atoms with Crippen LogP contribution in [0.1, 0.15) is 27.7 Å². The number of halogens is 1. The van der Waals surface area contributed by atoms with Crippen LogP contribution in [0.25, 0.3) is 0 Å². The summed E-state index contributed by atoms with van der Waals surface area (Å²) in [4.78, 5) is 11.2. The van der Waals surface area contributed by atoms with Crippen LogP contribution in [0.2, 0.25) is 0 Å². The molecule has 0 radical (unpaired) electrons. The molecule has 0 saturated heterocycles. The highest BCUT2D eigenvalue weighted by atomic mass is 35.5. The summed E-state index contributed by atoms with van der Waals surface area (Å²) in [5.74, 6) is 0.0678. The smallest absolute Gasteiger partial charge is 0.238 e. The molecule has 0 aromatic rings. The zero-order chi connectivity index (χ0) is 9.94. The molecule has 2 unspecified atom stereocenters. The third-order valence-electron chi connectivity index (χ3n) is 2.30. The van der Waals surface area contributed by atoms with E-state index in [9.17, 15) is 4.79 Å². The van der Waals surface area contributed by atoms with E-state index in [0.29, 0.717) is 0 Å². The Morgan fingerprint density at radius 2 is 1.83 bits per heavy atom. The fourth-order valence-corrected chi connectivity index (χ4v) is 1.29. The Morgan fingerprint density at radius 3 is 2.08 bits per heavy atom. The van der Waals surface area contributed by atoms with E-state index in [4.69, 9.17) is 11.6 Å². The van der Waals surface area contributed by atoms with Crippen LogP contribution in [-0.4, -0.2) is 18.3 Å². The fourth-order valence-electron chi connectivity index (χ4n) is 0.804. The maximum atomic E-state index is 11.2. The first-order valence-corrected chi connectivity index (χ1v) is 4.60. The quantitative estimate of drug-likeness (QED) is 0.665. The summed E-state index contributed by atoms with van der Waals surface area (Å²) in [6.07, 6.45) is 0. The van der Waals surface area contributed by atoms with Crippen molar-refractivity contribution in [3.8, 4) is 0 Å². The molecule has 2 nitrogen and oxygen atoms in total. The number of rotatable bonds is 2. The predicted molar refractivity (Wildman–Crippen MR) is 52.3 cm³/mol. The lowest BCUT2D eigenvalue weighted by molar-refractivity contribution is -0.121. The van der Waals surface area contributed by atoms with Gasteiger partial charge in [-0.25, -0.2) is 0 Å². The summed E-state index contributed by atoms with van der Waals surface area (Å²) in [5.41, 5.74) is 0.0684. The maximum Gasteiger partial charge on any atom is 0.238 e. The van der Waals surface area contributed by atoms with Crippen molar-refractivity contribution in [1.82, 2.24) is 5.32 Å². The minimum Gasteiger partial charge on any atom is -0.358 e. The van der Waals surface area contributed by atoms with Crippen LogP contribution < -0.4 is 5.32 Å². The van der Waals surface area contributed by atoms with Crippen LogP contribution >= 0.6 is 11.6 Å². The van der Waals surface area contributed by atoms with Crippen molar-refractivity contribution in [2.75, 3.05) is 7.05 Å². The summed E-state index contributed by atoms with van der Waals surface area (Å²) < 4.78 is 0. The lowest BCUT2D eigenvalue weighted by Gasteiger charge is -2.29. The van der Waals surface area contributed by atoms with Gasteiger partial charge in [0.25, 0.3) is 0 Å². The van der Waals surface area contributed by atoms with Crippen molar-refractivity contribution < 1.29 is 4.79 Å². The number of carbonyl (C=O) groups is 1. The normalized spacial score (nSPS) is 16.8. The van der Waals surface area contributed by atoms with Crippen molar-refractivity contribution >= 4 is 17.5 Å². The summed E-state index contributed by atoms with van der Waals surface area (Å²) in [7, 11) is 1.60. The Hall–Kier alpha value is -0.240. The summed E-state index contributed by atoms with van der Waals surface area (Å²) in [6.45, 7) is 8.23. The molecular formula is C9H18ClNO. The van der Waals surface area contributed by atoms with Crippen LogP contribution in [0.4, 0.5) is 0 Å². The lowest BCUT2D eigenvalue weighted by Crippen LogP contribution is -2.37. The van der Waals surface area contributed by atoms with Gasteiger partial charge in [0, 0.05) is 7.05 Å². The number of hydrogen-bond acceptors (Lipinski definition) is 1. The SMILES string of the molecule is CNC(=O)C(Cl)C(C)C(C)(C)C. The molecular weight excluding hydrogens is 174 g/mol. The Kier molecular flexibility index (Phi) is 4.04. The molecule has 3 heteroatoms. The first-order chi connectivity index (χ1) is 5.30. The van der Waals surface area contributed by atoms with E-state index in [2.05, 4.69) is 26.1 Å². The molecule has 0 bridgehead atoms. The first-order valence-electron chi connectivity index (χ1n) is 4.16. The van der Waals surface area contributed by atoms with Gasteiger partial charge in [-0.15, -0.1) is 11.6 Å². The number of alkyl halides is 1. The van der Waals surface area contributed by atoms with Crippen molar-refractivity contribution in [1.29, 1.82) is 0 Å². The molecule has 2 atom stereocenters. The van der Waals surface area contributed by atoms with Crippen molar-refractivity contribution in [3.63, 3.8) is 0 Å². The topological polar surface area (TPSA) is 29.1 Å². The minimum absolute atomic E-state index is 0.0684. The third-order valence-corrected chi connectivity index (χ3v) is 2.88. The number of nitrogens with one attached hydrogen (secondary N) is 1. The molecule has 0 aromatic heterocycles. The Bertz CT molecular complexity index is 162. The molecule has 0 spiro atoms. The zero-order valence-electron chi connectivity index (χ0n) is 8.44. The molecule has 12 heavy (non-hydrogen) atoms. The van der Waals surface area contributed by atoms with Gasteiger partial charge in [-0.1, -0.05) is 27.7 Å². The summed E-state index contributed by atoms with van der Waals surface area (Å²) in [6, 6.07) is 0. The van der Waals surface area contributed by atoms with Gasteiger partial charge in [0.15, 0.2) is 0 Å². The van der Waals surface area contributed by atoms with Crippen LogP contribution in [0.5, 0.6) is 0 Å². The van der Waals surface area contributed by atoms with E-state index < -0.39 is 5.38 Å². The molecule has 0 aliphatic rings. The van der Waals surface area contributed by atoms with Gasteiger partial charge in [0.2, 0.25) is 5.91 Å². The highest BCUT2D eigenvalue weighted by Crippen LogP contribution is 2.30. The second kappa shape index (κ2) is 4.13. The highest BCUT2D eigenvalue weighted by Gasteiger charge is 2.30. The monoisotopic (exact) mass is 191 g/mol. The van der Waals surface area contributed by atoms with Crippen LogP contribution in [0, 0.1) is 11.3 Å². The van der Waals surface area contributed by atoms with Gasteiger partial charge >= 0.3 is 0 Å². The lowest BCUT2D eigenvalue weighted by atomic mass is 9.80. The molecule has 72 valence electrons. The zero-order valence-corrected chi connectivity index (χ0v) is 9.20. The molecule has 0 saturated carbocycles. The Balaban J connectivity index is 4.29. The van der Waals surface area contributed by atoms with Crippen LogP contribution in [-0.2, 0) is 4.79 Å². The average Bonchev–Trinajstić information content (AvgIpc) is 1.98. The first kappa shape index (κ1) is 11.8. The average molecular weight is 192 g/mol. The van der Waals surface area contributed by atoms with E-state index in [1.54, 1.807) is 7.05 Å². The van der Waals surface area contributed by atoms with Crippen molar-refractivity contribution in [3.05, 3.63) is 0 Å². The van der Waals surface area contributed by atoms with Gasteiger partial charge in [-0.05, 0) is 11.3 Å². The van der Waals surface area contributed by atoms with E-state index in [-0.39, 0.29) is 17.2 Å².